The van der Waals surface area contributed by atoms with Crippen molar-refractivity contribution >= 4 is 25.1 Å². The number of methoxy groups -OCH3 is 1. The number of aliphatic hydroxyl groups is 2. The van der Waals surface area contributed by atoms with Crippen LogP contribution in [0.4, 0.5) is 5.82 Å². The van der Waals surface area contributed by atoms with Crippen LogP contribution in [0.5, 0.6) is 5.75 Å². The van der Waals surface area contributed by atoms with E-state index in [1.807, 2.05) is 26.8 Å². The van der Waals surface area contributed by atoms with E-state index in [-0.39, 0.29) is 22.7 Å². The zero-order valence-electron chi connectivity index (χ0n) is 23.0. The number of nitrogens with one attached hydrogen (secondary N) is 1. The van der Waals surface area contributed by atoms with Crippen molar-refractivity contribution in [2.75, 3.05) is 12.8 Å². The van der Waals surface area contributed by atoms with Crippen LogP contribution < -0.4 is 15.3 Å². The molecule has 1 aliphatic heterocycles. The van der Waals surface area contributed by atoms with E-state index in [2.05, 4.69) is 15.2 Å². The Balaban J connectivity index is 1.42. The highest BCUT2D eigenvalue weighted by Crippen LogP contribution is 2.63. The number of carbonyl (C=O) groups excluding carboxylic acids is 1. The van der Waals surface area contributed by atoms with Crippen LogP contribution in [-0.2, 0) is 34.4 Å². The summed E-state index contributed by atoms with van der Waals surface area (Å²) in [6.45, 7) is 7.50. The first-order valence-corrected chi connectivity index (χ1v) is 14.3. The standard InChI is InChI=1S/C26H31N6O8P/c1-14(22(33)37-5)31-41(36,39-16-8-6-15(7-9-16)24(2,3)4)40-20-19-26(20,35)23(34)25(12-27,38-19)18-11-10-17-21(28)29-13-30-32(17)18/h6-11,13-14,19-20,23,34-35H,1-5H3,(H,31,36)(H2,28,29,30)/t14-,19+,20?,23-,25-,26-,41?/m0/s1. The first-order valence-electron chi connectivity index (χ1n) is 12.7. The molecule has 41 heavy (non-hydrogen) atoms. The van der Waals surface area contributed by atoms with Gasteiger partial charge in [-0.1, -0.05) is 32.9 Å². The number of nitrogens with zero attached hydrogens (tertiary/aromatic N) is 4. The van der Waals surface area contributed by atoms with Gasteiger partial charge in [-0.2, -0.15) is 15.4 Å². The van der Waals surface area contributed by atoms with Crippen LogP contribution in [0.2, 0.25) is 0 Å². The third kappa shape index (κ3) is 4.64. The van der Waals surface area contributed by atoms with Crippen LogP contribution in [-0.4, -0.2) is 67.8 Å². The van der Waals surface area contributed by atoms with Crippen LogP contribution in [0.3, 0.4) is 0 Å². The molecule has 3 aromatic rings. The fourth-order valence-electron chi connectivity index (χ4n) is 4.96. The zero-order chi connectivity index (χ0) is 30.0. The predicted octanol–water partition coefficient (Wildman–Crippen LogP) is 1.56. The quantitative estimate of drug-likeness (QED) is 0.219. The highest BCUT2D eigenvalue weighted by Gasteiger charge is 2.83. The molecule has 2 aromatic heterocycles. The number of hydrogen-bond acceptors (Lipinski definition) is 12. The second-order valence-electron chi connectivity index (χ2n) is 11.1. The van der Waals surface area contributed by atoms with Gasteiger partial charge in [0.2, 0.25) is 5.60 Å². The Morgan fingerprint density at radius 1 is 1.29 bits per heavy atom. The number of fused-ring (bicyclic) bond motifs is 2. The molecule has 1 aromatic carbocycles. The molecule has 5 N–H and O–H groups in total. The van der Waals surface area contributed by atoms with Crippen LogP contribution in [0.25, 0.3) is 5.52 Å². The average molecular weight is 587 g/mol. The summed E-state index contributed by atoms with van der Waals surface area (Å²) in [4.78, 5) is 16.0. The number of nitriles is 1. The van der Waals surface area contributed by atoms with Gasteiger partial charge < -0.3 is 29.9 Å². The van der Waals surface area contributed by atoms with Gasteiger partial charge in [-0.25, -0.2) is 14.1 Å². The third-order valence-corrected chi connectivity index (χ3v) is 9.01. The molecule has 7 atom stereocenters. The van der Waals surface area contributed by atoms with E-state index in [1.165, 1.54) is 30.9 Å². The van der Waals surface area contributed by atoms with Crippen molar-refractivity contribution in [3.8, 4) is 11.8 Å². The molecule has 2 aliphatic rings. The molecule has 0 radical (unpaired) electrons. The molecule has 1 saturated carbocycles. The molecule has 2 unspecified atom stereocenters. The van der Waals surface area contributed by atoms with Crippen molar-refractivity contribution in [1.29, 1.82) is 5.26 Å². The smallest absolute Gasteiger partial charge is 0.459 e. The number of carbonyl (C=O) groups is 1. The van der Waals surface area contributed by atoms with Gasteiger partial charge in [-0.05, 0) is 42.2 Å². The summed E-state index contributed by atoms with van der Waals surface area (Å²) in [6, 6.07) is 10.6. The second kappa shape index (κ2) is 9.77. The van der Waals surface area contributed by atoms with Gasteiger partial charge in [0.05, 0.1) is 12.8 Å². The maximum Gasteiger partial charge on any atom is 0.459 e. The maximum atomic E-state index is 14.0. The molecule has 14 nitrogen and oxygen atoms in total. The molecule has 5 rings (SSSR count). The number of aliphatic hydroxyl groups excluding tert-OH is 1. The van der Waals surface area contributed by atoms with Gasteiger partial charge in [0.1, 0.15) is 48.0 Å². The number of hydrogen-bond donors (Lipinski definition) is 4. The Hall–Kier alpha value is -3.57. The minimum absolute atomic E-state index is 0.104. The molecule has 1 aliphatic carbocycles. The van der Waals surface area contributed by atoms with Crippen molar-refractivity contribution < 1.29 is 38.1 Å². The Morgan fingerprint density at radius 3 is 2.54 bits per heavy atom. The minimum atomic E-state index is -4.42. The predicted molar refractivity (Wildman–Crippen MR) is 143 cm³/mol. The first-order chi connectivity index (χ1) is 19.2. The fraction of sp³-hybridized carbons (Fsp3) is 0.462. The number of rotatable bonds is 8. The van der Waals surface area contributed by atoms with Crippen LogP contribution >= 0.6 is 7.75 Å². The number of aromatic nitrogens is 3. The van der Waals surface area contributed by atoms with Gasteiger partial charge in [0.15, 0.2) is 11.4 Å². The highest BCUT2D eigenvalue weighted by atomic mass is 31.2. The van der Waals surface area contributed by atoms with Gasteiger partial charge >= 0.3 is 13.7 Å². The van der Waals surface area contributed by atoms with Crippen molar-refractivity contribution in [2.45, 2.75) is 68.7 Å². The summed E-state index contributed by atoms with van der Waals surface area (Å²) >= 11 is 0. The fourth-order valence-corrected chi connectivity index (χ4v) is 6.67. The zero-order valence-corrected chi connectivity index (χ0v) is 23.9. The lowest BCUT2D eigenvalue weighted by atomic mass is 9.87. The SMILES string of the molecule is COC(=O)[C@H](C)NP(=O)(Oc1ccc(C(C)(C)C)cc1)OC1[C@H]2O[C@@](C#N)(c3ccc4c(N)ncnn34)[C@H](O)[C@@]12O. The number of benzene rings is 1. The Morgan fingerprint density at radius 2 is 1.98 bits per heavy atom. The summed E-state index contributed by atoms with van der Waals surface area (Å²) in [7, 11) is -3.25. The molecular weight excluding hydrogens is 555 g/mol. The first kappa shape index (κ1) is 28.9. The summed E-state index contributed by atoms with van der Waals surface area (Å²) in [5, 5.41) is 39.4. The molecule has 0 amide bonds. The lowest BCUT2D eigenvalue weighted by Crippen LogP contribution is -2.47. The van der Waals surface area contributed by atoms with Crippen molar-refractivity contribution in [2.24, 2.45) is 0 Å². The molecule has 1 saturated heterocycles. The number of esters is 1. The van der Waals surface area contributed by atoms with Gasteiger partial charge in [0, 0.05) is 0 Å². The van der Waals surface area contributed by atoms with E-state index in [1.54, 1.807) is 30.3 Å². The van der Waals surface area contributed by atoms with Crippen molar-refractivity contribution in [1.82, 2.24) is 19.7 Å². The summed E-state index contributed by atoms with van der Waals surface area (Å²) in [6.07, 6.45) is -3.35. The summed E-state index contributed by atoms with van der Waals surface area (Å²) in [5.41, 5.74) is 3.00. The Bertz CT molecular complexity index is 1580. The molecular formula is C26H31N6O8P. The monoisotopic (exact) mass is 586 g/mol. The van der Waals surface area contributed by atoms with E-state index in [9.17, 15) is 24.8 Å². The van der Waals surface area contributed by atoms with Gasteiger partial charge in [0.25, 0.3) is 0 Å². The second-order valence-corrected chi connectivity index (χ2v) is 12.7. The molecule has 0 spiro atoms. The van der Waals surface area contributed by atoms with E-state index in [0.717, 1.165) is 5.56 Å². The molecule has 218 valence electrons. The molecule has 0 bridgehead atoms. The maximum absolute atomic E-state index is 14.0. The van der Waals surface area contributed by atoms with Gasteiger partial charge in [-0.15, -0.1) is 0 Å². The molecule has 3 heterocycles. The van der Waals surface area contributed by atoms with Gasteiger partial charge in [-0.3, -0.25) is 9.32 Å². The summed E-state index contributed by atoms with van der Waals surface area (Å²) < 4.78 is 37.4. The number of nitrogen functional groups attached to an aromatic ring is 1. The lowest BCUT2D eigenvalue weighted by molar-refractivity contribution is -0.142. The Kier molecular flexibility index (Phi) is 6.89. The highest BCUT2D eigenvalue weighted by molar-refractivity contribution is 7.52. The molecule has 15 heteroatoms. The largest absolute Gasteiger partial charge is 0.468 e. The van der Waals surface area contributed by atoms with E-state index in [0.29, 0.717) is 5.52 Å². The lowest BCUT2D eigenvalue weighted by Gasteiger charge is -2.30. The normalized spacial score (nSPS) is 29.3. The van der Waals surface area contributed by atoms with Crippen molar-refractivity contribution in [3.05, 3.63) is 54.0 Å². The van der Waals surface area contributed by atoms with E-state index in [4.69, 9.17) is 24.3 Å². The summed E-state index contributed by atoms with van der Waals surface area (Å²) in [5.74, 6) is -0.443. The topological polar surface area (TPSA) is 204 Å². The minimum Gasteiger partial charge on any atom is -0.468 e. The average Bonchev–Trinajstić information content (AvgIpc) is 3.19. The van der Waals surface area contributed by atoms with Crippen LogP contribution in [0.15, 0.2) is 42.7 Å². The molecule has 2 fully saturated rings. The van der Waals surface area contributed by atoms with Crippen LogP contribution in [0, 0.1) is 11.3 Å². The third-order valence-electron chi connectivity index (χ3n) is 7.35. The Labute approximate surface area is 235 Å². The van der Waals surface area contributed by atoms with Crippen LogP contribution in [0.1, 0.15) is 39.0 Å². The number of anilines is 1. The van der Waals surface area contributed by atoms with E-state index < -0.39 is 49.3 Å². The van der Waals surface area contributed by atoms with Crippen molar-refractivity contribution in [3.63, 3.8) is 0 Å². The van der Waals surface area contributed by atoms with E-state index >= 15 is 0 Å². The number of ether oxygens (including phenoxy) is 2. The number of nitrogens with two attached hydrogens (primary N) is 1.